The van der Waals surface area contributed by atoms with E-state index in [4.69, 9.17) is 4.74 Å². The van der Waals surface area contributed by atoms with Gasteiger partial charge in [0.15, 0.2) is 0 Å². The summed E-state index contributed by atoms with van der Waals surface area (Å²) in [4.78, 5) is 0. The molecule has 19 heavy (non-hydrogen) atoms. The van der Waals surface area contributed by atoms with Gasteiger partial charge in [0.1, 0.15) is 11.4 Å². The van der Waals surface area contributed by atoms with E-state index in [9.17, 15) is 5.11 Å². The Morgan fingerprint density at radius 2 is 2.21 bits per heavy atom. The lowest BCUT2D eigenvalue weighted by atomic mass is 9.80. The third-order valence-electron chi connectivity index (χ3n) is 4.29. The van der Waals surface area contributed by atoms with Gasteiger partial charge in [-0.05, 0) is 30.9 Å². The lowest BCUT2D eigenvalue weighted by molar-refractivity contribution is -0.0319. The van der Waals surface area contributed by atoms with Crippen LogP contribution in [0.1, 0.15) is 58.1 Å². The lowest BCUT2D eigenvalue weighted by Gasteiger charge is -2.42. The largest absolute Gasteiger partial charge is 0.487 e. The van der Waals surface area contributed by atoms with Gasteiger partial charge in [0.25, 0.3) is 0 Å². The molecule has 1 aromatic carbocycles. The zero-order chi connectivity index (χ0) is 14.0. The van der Waals surface area contributed by atoms with Crippen molar-refractivity contribution in [1.82, 2.24) is 0 Å². The Kier molecular flexibility index (Phi) is 4.57. The summed E-state index contributed by atoms with van der Waals surface area (Å²) in [6.07, 6.45) is 3.36. The molecule has 0 bridgehead atoms. The van der Waals surface area contributed by atoms with Crippen LogP contribution in [0.5, 0.6) is 5.75 Å². The summed E-state index contributed by atoms with van der Waals surface area (Å²) in [5, 5.41) is 10.4. The van der Waals surface area contributed by atoms with Crippen LogP contribution in [0, 0.1) is 5.92 Å². The Hall–Kier alpha value is -0.540. The number of ether oxygens (including phenoxy) is 1. The molecule has 2 nitrogen and oxygen atoms in total. The molecule has 3 heteroatoms. The summed E-state index contributed by atoms with van der Waals surface area (Å²) in [6.45, 7) is 6.61. The van der Waals surface area contributed by atoms with Crippen molar-refractivity contribution in [2.24, 2.45) is 5.92 Å². The SMILES string of the molecule is CCC(C)CC1(CC)C[C@H](O)c2ccc(Br)cc2O1. The molecule has 1 N–H and O–H groups in total. The molecule has 0 radical (unpaired) electrons. The molecule has 0 spiro atoms. The van der Waals surface area contributed by atoms with Crippen molar-refractivity contribution in [2.75, 3.05) is 0 Å². The fourth-order valence-corrected chi connectivity index (χ4v) is 3.21. The highest BCUT2D eigenvalue weighted by molar-refractivity contribution is 9.10. The predicted octanol–water partition coefficient (Wildman–Crippen LogP) is 4.85. The highest BCUT2D eigenvalue weighted by Crippen LogP contribution is 2.44. The zero-order valence-electron chi connectivity index (χ0n) is 11.9. The maximum Gasteiger partial charge on any atom is 0.127 e. The number of benzene rings is 1. The molecule has 1 aliphatic heterocycles. The number of hydrogen-bond donors (Lipinski definition) is 1. The van der Waals surface area contributed by atoms with Crippen molar-refractivity contribution in [3.05, 3.63) is 28.2 Å². The minimum Gasteiger partial charge on any atom is -0.487 e. The summed E-state index contributed by atoms with van der Waals surface area (Å²) in [6, 6.07) is 5.88. The van der Waals surface area contributed by atoms with Gasteiger partial charge < -0.3 is 9.84 Å². The molecule has 0 amide bonds. The minimum atomic E-state index is -0.416. The quantitative estimate of drug-likeness (QED) is 0.856. The van der Waals surface area contributed by atoms with Crippen molar-refractivity contribution in [2.45, 2.75) is 58.2 Å². The van der Waals surface area contributed by atoms with Crippen LogP contribution in [-0.4, -0.2) is 10.7 Å². The van der Waals surface area contributed by atoms with E-state index in [-0.39, 0.29) is 5.60 Å². The van der Waals surface area contributed by atoms with Gasteiger partial charge in [-0.3, -0.25) is 0 Å². The van der Waals surface area contributed by atoms with E-state index in [2.05, 4.69) is 36.7 Å². The van der Waals surface area contributed by atoms with E-state index in [1.165, 1.54) is 0 Å². The molecule has 1 aliphatic rings. The minimum absolute atomic E-state index is 0.220. The predicted molar refractivity (Wildman–Crippen MR) is 81.4 cm³/mol. The summed E-state index contributed by atoms with van der Waals surface area (Å²) in [5.74, 6) is 1.44. The normalized spacial score (nSPS) is 27.5. The average Bonchev–Trinajstić information content (AvgIpc) is 2.38. The van der Waals surface area contributed by atoms with Crippen LogP contribution < -0.4 is 4.74 Å². The van der Waals surface area contributed by atoms with Gasteiger partial charge in [-0.2, -0.15) is 0 Å². The van der Waals surface area contributed by atoms with Crippen molar-refractivity contribution >= 4 is 15.9 Å². The third kappa shape index (κ3) is 3.14. The molecule has 0 saturated carbocycles. The van der Waals surface area contributed by atoms with Crippen LogP contribution in [0.2, 0.25) is 0 Å². The maximum atomic E-state index is 10.4. The van der Waals surface area contributed by atoms with Crippen molar-refractivity contribution in [3.8, 4) is 5.75 Å². The first kappa shape index (κ1) is 14.9. The Bertz CT molecular complexity index is 446. The molecular weight excluding hydrogens is 304 g/mol. The number of aliphatic hydroxyl groups is 1. The standard InChI is InChI=1S/C16H23BrO2/c1-4-11(3)9-16(5-2)10-14(18)13-7-6-12(17)8-15(13)19-16/h6-8,11,14,18H,4-5,9-10H2,1-3H3/t11?,14-,16?/m0/s1. The van der Waals surface area contributed by atoms with Gasteiger partial charge in [-0.15, -0.1) is 0 Å². The molecule has 0 aromatic heterocycles. The first-order valence-electron chi connectivity index (χ1n) is 7.16. The van der Waals surface area contributed by atoms with E-state index < -0.39 is 6.10 Å². The van der Waals surface area contributed by atoms with E-state index >= 15 is 0 Å². The fourth-order valence-electron chi connectivity index (χ4n) is 2.87. The smallest absolute Gasteiger partial charge is 0.127 e. The topological polar surface area (TPSA) is 29.5 Å². The number of rotatable bonds is 4. The first-order valence-corrected chi connectivity index (χ1v) is 7.95. The van der Waals surface area contributed by atoms with Crippen LogP contribution >= 0.6 is 15.9 Å². The first-order chi connectivity index (χ1) is 8.99. The van der Waals surface area contributed by atoms with Gasteiger partial charge >= 0.3 is 0 Å². The van der Waals surface area contributed by atoms with Crippen molar-refractivity contribution < 1.29 is 9.84 Å². The van der Waals surface area contributed by atoms with Gasteiger partial charge in [-0.25, -0.2) is 0 Å². The van der Waals surface area contributed by atoms with E-state index in [0.29, 0.717) is 12.3 Å². The van der Waals surface area contributed by atoms with Crippen molar-refractivity contribution in [3.63, 3.8) is 0 Å². The summed E-state index contributed by atoms with van der Waals surface area (Å²) >= 11 is 3.47. The molecule has 2 unspecified atom stereocenters. The number of hydrogen-bond acceptors (Lipinski definition) is 2. The zero-order valence-corrected chi connectivity index (χ0v) is 13.5. The van der Waals surface area contributed by atoms with Crippen molar-refractivity contribution in [1.29, 1.82) is 0 Å². The fraction of sp³-hybridized carbons (Fsp3) is 0.625. The Labute approximate surface area is 124 Å². The second kappa shape index (κ2) is 5.84. The molecule has 1 aromatic rings. The Morgan fingerprint density at radius 3 is 2.84 bits per heavy atom. The monoisotopic (exact) mass is 326 g/mol. The van der Waals surface area contributed by atoms with Crippen LogP contribution in [0.25, 0.3) is 0 Å². The van der Waals surface area contributed by atoms with E-state index in [0.717, 1.165) is 35.0 Å². The van der Waals surface area contributed by atoms with Crippen LogP contribution in [0.3, 0.4) is 0 Å². The third-order valence-corrected chi connectivity index (χ3v) is 4.78. The van der Waals surface area contributed by atoms with E-state index in [1.54, 1.807) is 0 Å². The Morgan fingerprint density at radius 1 is 1.47 bits per heavy atom. The average molecular weight is 327 g/mol. The van der Waals surface area contributed by atoms with Gasteiger partial charge in [0.05, 0.1) is 6.10 Å². The molecule has 0 fully saturated rings. The summed E-state index contributed by atoms with van der Waals surface area (Å²) in [7, 11) is 0. The van der Waals surface area contributed by atoms with Gasteiger partial charge in [0.2, 0.25) is 0 Å². The van der Waals surface area contributed by atoms with Crippen LogP contribution in [0.15, 0.2) is 22.7 Å². The van der Waals surface area contributed by atoms with Gasteiger partial charge in [0, 0.05) is 16.5 Å². The molecule has 3 atom stereocenters. The molecule has 2 rings (SSSR count). The van der Waals surface area contributed by atoms with Crippen LogP contribution in [0.4, 0.5) is 0 Å². The number of aliphatic hydroxyl groups excluding tert-OH is 1. The van der Waals surface area contributed by atoms with Gasteiger partial charge in [-0.1, -0.05) is 49.2 Å². The second-order valence-electron chi connectivity index (χ2n) is 5.76. The summed E-state index contributed by atoms with van der Waals surface area (Å²) in [5.41, 5.74) is 0.694. The lowest BCUT2D eigenvalue weighted by Crippen LogP contribution is -2.42. The Balaban J connectivity index is 2.30. The molecular formula is C16H23BrO2. The highest BCUT2D eigenvalue weighted by atomic mass is 79.9. The molecule has 0 saturated heterocycles. The maximum absolute atomic E-state index is 10.4. The number of fused-ring (bicyclic) bond motifs is 1. The van der Waals surface area contributed by atoms with E-state index in [1.807, 2.05) is 18.2 Å². The van der Waals surface area contributed by atoms with Crippen LogP contribution in [-0.2, 0) is 0 Å². The molecule has 106 valence electrons. The number of halogens is 1. The summed E-state index contributed by atoms with van der Waals surface area (Å²) < 4.78 is 7.30. The molecule has 0 aliphatic carbocycles. The highest BCUT2D eigenvalue weighted by Gasteiger charge is 2.39. The molecule has 1 heterocycles. The second-order valence-corrected chi connectivity index (χ2v) is 6.67.